The smallest absolute Gasteiger partial charge is 0.276 e. The first-order valence-corrected chi connectivity index (χ1v) is 9.96. The van der Waals surface area contributed by atoms with Gasteiger partial charge in [-0.1, -0.05) is 13.0 Å². The first-order chi connectivity index (χ1) is 12.9. The highest BCUT2D eigenvalue weighted by molar-refractivity contribution is 9.10. The Morgan fingerprint density at radius 2 is 1.59 bits per heavy atom. The van der Waals surface area contributed by atoms with E-state index in [1.54, 1.807) is 24.3 Å². The van der Waals surface area contributed by atoms with E-state index in [1.807, 2.05) is 19.1 Å². The van der Waals surface area contributed by atoms with Crippen molar-refractivity contribution < 1.29 is 19.1 Å². The van der Waals surface area contributed by atoms with Crippen LogP contribution in [-0.2, 0) is 11.2 Å². The summed E-state index contributed by atoms with van der Waals surface area (Å²) in [6.45, 7) is 4.23. The number of aryl methyl sites for hydroxylation is 1. The summed E-state index contributed by atoms with van der Waals surface area (Å²) in [7, 11) is 0. The van der Waals surface area contributed by atoms with Crippen LogP contribution in [-0.4, -0.2) is 25.0 Å². The van der Waals surface area contributed by atoms with Crippen molar-refractivity contribution in [3.8, 4) is 11.5 Å². The van der Waals surface area contributed by atoms with E-state index in [2.05, 4.69) is 49.6 Å². The second kappa shape index (κ2) is 10.3. The average Bonchev–Trinajstić information content (AvgIpc) is 2.66. The molecule has 0 atom stereocenters. The Balaban J connectivity index is 1.84. The first kappa shape index (κ1) is 21.2. The Hall–Kier alpha value is -2.06. The predicted octanol–water partition coefficient (Wildman–Crippen LogP) is 4.01. The average molecular weight is 500 g/mol. The molecule has 8 heteroatoms. The molecule has 2 N–H and O–H groups in total. The molecule has 0 aliphatic heterocycles. The topological polar surface area (TPSA) is 76.7 Å². The van der Waals surface area contributed by atoms with Gasteiger partial charge in [0.25, 0.3) is 11.8 Å². The maximum absolute atomic E-state index is 12.1. The Labute approximate surface area is 174 Å². The maximum atomic E-state index is 12.1. The third-order valence-corrected chi connectivity index (χ3v) is 4.81. The van der Waals surface area contributed by atoms with Crippen molar-refractivity contribution in [3.63, 3.8) is 0 Å². The highest BCUT2D eigenvalue weighted by atomic mass is 79.9. The van der Waals surface area contributed by atoms with Crippen molar-refractivity contribution in [2.45, 2.75) is 20.3 Å². The molecule has 0 aromatic heterocycles. The van der Waals surface area contributed by atoms with E-state index in [0.717, 1.165) is 16.5 Å². The minimum Gasteiger partial charge on any atom is -0.493 e. The van der Waals surface area contributed by atoms with Crippen LogP contribution in [0.4, 0.5) is 0 Å². The number of carbonyl (C=O) groups excluding carboxylic acids is 2. The van der Waals surface area contributed by atoms with Gasteiger partial charge in [-0.25, -0.2) is 0 Å². The van der Waals surface area contributed by atoms with Gasteiger partial charge in [-0.05, 0) is 81.1 Å². The Kier molecular flexibility index (Phi) is 8.12. The van der Waals surface area contributed by atoms with E-state index >= 15 is 0 Å². The van der Waals surface area contributed by atoms with Crippen molar-refractivity contribution in [2.24, 2.45) is 0 Å². The molecule has 2 aromatic carbocycles. The molecule has 6 nitrogen and oxygen atoms in total. The fraction of sp³-hybridized carbons (Fsp3) is 0.263. The third-order valence-electron chi connectivity index (χ3n) is 3.57. The molecule has 0 aliphatic rings. The molecule has 0 spiro atoms. The molecule has 0 aliphatic carbocycles. The fourth-order valence-corrected chi connectivity index (χ4v) is 3.21. The summed E-state index contributed by atoms with van der Waals surface area (Å²) in [5.41, 5.74) is 6.22. The van der Waals surface area contributed by atoms with Crippen molar-refractivity contribution in [2.75, 3.05) is 13.2 Å². The SMILES string of the molecule is CCOc1ccc(C(=O)NNC(=O)COc2ccc(CC)cc2Br)cc1Br. The Bertz CT molecular complexity index is 827. The van der Waals surface area contributed by atoms with Crippen molar-refractivity contribution >= 4 is 43.7 Å². The lowest BCUT2D eigenvalue weighted by molar-refractivity contribution is -0.123. The van der Waals surface area contributed by atoms with Gasteiger partial charge in [-0.15, -0.1) is 0 Å². The summed E-state index contributed by atoms with van der Waals surface area (Å²) in [5, 5.41) is 0. The standard InChI is InChI=1S/C19H20Br2N2O4/c1-3-12-5-7-17(14(20)9-12)27-11-18(24)22-23-19(25)13-6-8-16(26-4-2)15(21)10-13/h5-10H,3-4,11H2,1-2H3,(H,22,24)(H,23,25). The zero-order valence-corrected chi connectivity index (χ0v) is 18.1. The molecule has 0 saturated heterocycles. The number of hydrazine groups is 1. The Morgan fingerprint density at radius 3 is 2.22 bits per heavy atom. The summed E-state index contributed by atoms with van der Waals surface area (Å²) in [6.07, 6.45) is 0.910. The van der Waals surface area contributed by atoms with E-state index < -0.39 is 11.8 Å². The number of amides is 2. The molecule has 2 rings (SSSR count). The molecule has 0 saturated carbocycles. The number of carbonyl (C=O) groups is 2. The van der Waals surface area contributed by atoms with Gasteiger partial charge in [0.1, 0.15) is 11.5 Å². The summed E-state index contributed by atoms with van der Waals surface area (Å²) in [5.74, 6) is 0.288. The quantitative estimate of drug-likeness (QED) is 0.564. The fourth-order valence-electron chi connectivity index (χ4n) is 2.17. The van der Waals surface area contributed by atoms with Gasteiger partial charge in [0.15, 0.2) is 6.61 Å². The second-order valence-corrected chi connectivity index (χ2v) is 7.20. The zero-order chi connectivity index (χ0) is 19.8. The maximum Gasteiger partial charge on any atom is 0.276 e. The zero-order valence-electron chi connectivity index (χ0n) is 15.0. The molecule has 27 heavy (non-hydrogen) atoms. The molecular formula is C19H20Br2N2O4. The van der Waals surface area contributed by atoms with Gasteiger partial charge in [-0.3, -0.25) is 20.4 Å². The molecule has 0 fully saturated rings. The molecule has 0 bridgehead atoms. The number of hydrogen-bond acceptors (Lipinski definition) is 4. The number of hydrogen-bond donors (Lipinski definition) is 2. The monoisotopic (exact) mass is 498 g/mol. The van der Waals surface area contributed by atoms with Crippen molar-refractivity contribution in [1.82, 2.24) is 10.9 Å². The summed E-state index contributed by atoms with van der Waals surface area (Å²) < 4.78 is 12.3. The molecule has 0 radical (unpaired) electrons. The lowest BCUT2D eigenvalue weighted by Crippen LogP contribution is -2.43. The molecule has 0 unspecified atom stereocenters. The summed E-state index contributed by atoms with van der Waals surface area (Å²) in [4.78, 5) is 24.0. The molecule has 0 heterocycles. The number of halogens is 2. The second-order valence-electron chi connectivity index (χ2n) is 5.49. The highest BCUT2D eigenvalue weighted by Gasteiger charge is 2.11. The first-order valence-electron chi connectivity index (χ1n) is 8.37. The number of ether oxygens (including phenoxy) is 2. The molecule has 144 valence electrons. The molecule has 2 amide bonds. The van der Waals surface area contributed by atoms with Gasteiger partial charge in [-0.2, -0.15) is 0 Å². The van der Waals surface area contributed by atoms with E-state index in [1.165, 1.54) is 0 Å². The van der Waals surface area contributed by atoms with E-state index in [4.69, 9.17) is 9.47 Å². The minimum absolute atomic E-state index is 0.225. The van der Waals surface area contributed by atoms with E-state index in [-0.39, 0.29) is 6.61 Å². The van der Waals surface area contributed by atoms with Crippen LogP contribution in [0.5, 0.6) is 11.5 Å². The van der Waals surface area contributed by atoms with Gasteiger partial charge in [0.2, 0.25) is 0 Å². The van der Waals surface area contributed by atoms with Gasteiger partial charge < -0.3 is 9.47 Å². The molecular weight excluding hydrogens is 480 g/mol. The number of rotatable bonds is 7. The van der Waals surface area contributed by atoms with Crippen LogP contribution in [0, 0.1) is 0 Å². The highest BCUT2D eigenvalue weighted by Crippen LogP contribution is 2.27. The number of nitrogens with one attached hydrogen (secondary N) is 2. The van der Waals surface area contributed by atoms with Crippen LogP contribution in [0.25, 0.3) is 0 Å². The third kappa shape index (κ3) is 6.25. The van der Waals surface area contributed by atoms with Crippen LogP contribution in [0.3, 0.4) is 0 Å². The van der Waals surface area contributed by atoms with Crippen LogP contribution in [0.1, 0.15) is 29.8 Å². The lowest BCUT2D eigenvalue weighted by Gasteiger charge is -2.11. The normalized spacial score (nSPS) is 10.2. The summed E-state index contributed by atoms with van der Waals surface area (Å²) in [6, 6.07) is 10.6. The van der Waals surface area contributed by atoms with Crippen LogP contribution in [0.15, 0.2) is 45.3 Å². The predicted molar refractivity (Wildman–Crippen MR) is 110 cm³/mol. The van der Waals surface area contributed by atoms with E-state index in [0.29, 0.717) is 28.1 Å². The largest absolute Gasteiger partial charge is 0.493 e. The number of benzene rings is 2. The van der Waals surface area contributed by atoms with Crippen molar-refractivity contribution in [3.05, 3.63) is 56.5 Å². The molecule has 2 aromatic rings. The van der Waals surface area contributed by atoms with Crippen LogP contribution >= 0.6 is 31.9 Å². The van der Waals surface area contributed by atoms with Crippen LogP contribution in [0.2, 0.25) is 0 Å². The summed E-state index contributed by atoms with van der Waals surface area (Å²) >= 11 is 6.76. The van der Waals surface area contributed by atoms with Gasteiger partial charge in [0.05, 0.1) is 15.6 Å². The lowest BCUT2D eigenvalue weighted by atomic mass is 10.2. The van der Waals surface area contributed by atoms with Gasteiger partial charge >= 0.3 is 0 Å². The van der Waals surface area contributed by atoms with Gasteiger partial charge in [0, 0.05) is 5.56 Å². The van der Waals surface area contributed by atoms with Crippen LogP contribution < -0.4 is 20.3 Å². The Morgan fingerprint density at radius 1 is 0.926 bits per heavy atom. The minimum atomic E-state index is -0.472. The van der Waals surface area contributed by atoms with E-state index in [9.17, 15) is 9.59 Å². The van der Waals surface area contributed by atoms with Crippen molar-refractivity contribution in [1.29, 1.82) is 0 Å².